The van der Waals surface area contributed by atoms with Crippen LogP contribution in [0.15, 0.2) is 41.6 Å². The third kappa shape index (κ3) is 5.40. The van der Waals surface area contributed by atoms with Crippen molar-refractivity contribution in [1.82, 2.24) is 0 Å². The van der Waals surface area contributed by atoms with E-state index in [4.69, 9.17) is 0 Å². The highest BCUT2D eigenvalue weighted by Gasteiger charge is 2.35. The molecule has 0 radical (unpaired) electrons. The number of nitrogens with one attached hydrogen (secondary N) is 1. The van der Waals surface area contributed by atoms with Gasteiger partial charge in [-0.15, -0.1) is 0 Å². The van der Waals surface area contributed by atoms with E-state index in [9.17, 15) is 22.4 Å². The molecule has 7 heteroatoms. The molecule has 2 aliphatic rings. The van der Waals surface area contributed by atoms with Crippen molar-refractivity contribution in [3.05, 3.63) is 47.2 Å². The number of alkyl halides is 4. The van der Waals surface area contributed by atoms with Gasteiger partial charge in [-0.05, 0) is 47.6 Å². The summed E-state index contributed by atoms with van der Waals surface area (Å²) >= 11 is 0. The standard InChI is InChI=1S/C22H26F4N2O/c1-21(2,3)12-20(29)27-19-7-6-17(11-18(19)22(24,25)26)28-9-8-14-4-5-16(23)10-15(14)13-28/h4,6-7,11,13,16H,5,8-10,12H2,1-3H3,(H,27,29). The molecule has 1 aromatic carbocycles. The summed E-state index contributed by atoms with van der Waals surface area (Å²) in [4.78, 5) is 13.9. The van der Waals surface area contributed by atoms with E-state index in [-0.39, 0.29) is 23.9 Å². The van der Waals surface area contributed by atoms with Gasteiger partial charge in [0.05, 0.1) is 11.3 Å². The normalized spacial score (nSPS) is 20.0. The lowest BCUT2D eigenvalue weighted by molar-refractivity contribution is -0.136. The molecule has 0 saturated heterocycles. The van der Waals surface area contributed by atoms with Crippen molar-refractivity contribution >= 4 is 17.3 Å². The van der Waals surface area contributed by atoms with Gasteiger partial charge in [-0.1, -0.05) is 26.8 Å². The van der Waals surface area contributed by atoms with Gasteiger partial charge in [-0.3, -0.25) is 4.79 Å². The van der Waals surface area contributed by atoms with Crippen LogP contribution in [0.25, 0.3) is 0 Å². The van der Waals surface area contributed by atoms with E-state index in [1.54, 1.807) is 17.2 Å². The number of allylic oxidation sites excluding steroid dienone is 2. The number of rotatable bonds is 3. The van der Waals surface area contributed by atoms with Gasteiger partial charge >= 0.3 is 6.18 Å². The first-order valence-corrected chi connectivity index (χ1v) is 9.74. The van der Waals surface area contributed by atoms with Crippen LogP contribution in [0.2, 0.25) is 0 Å². The zero-order valence-corrected chi connectivity index (χ0v) is 16.9. The van der Waals surface area contributed by atoms with Crippen molar-refractivity contribution in [2.75, 3.05) is 16.8 Å². The molecule has 1 N–H and O–H groups in total. The van der Waals surface area contributed by atoms with Crippen LogP contribution in [-0.4, -0.2) is 18.6 Å². The fraction of sp³-hybridized carbons (Fsp3) is 0.500. The molecule has 1 aliphatic carbocycles. The molecule has 3 nitrogen and oxygen atoms in total. The molecular formula is C22H26F4N2O. The Labute approximate surface area is 168 Å². The van der Waals surface area contributed by atoms with Crippen LogP contribution in [0.5, 0.6) is 0 Å². The minimum atomic E-state index is -4.61. The number of nitrogens with zero attached hydrogens (tertiary/aromatic N) is 1. The molecule has 0 spiro atoms. The van der Waals surface area contributed by atoms with Crippen LogP contribution in [0.4, 0.5) is 28.9 Å². The number of hydrogen-bond donors (Lipinski definition) is 1. The van der Waals surface area contributed by atoms with Gasteiger partial charge < -0.3 is 10.2 Å². The number of halogens is 4. The minimum Gasteiger partial charge on any atom is -0.347 e. The van der Waals surface area contributed by atoms with E-state index in [2.05, 4.69) is 5.32 Å². The number of carbonyl (C=O) groups excluding carboxylic acids is 1. The summed E-state index contributed by atoms with van der Waals surface area (Å²) in [5.74, 6) is -0.457. The molecular weight excluding hydrogens is 384 g/mol. The van der Waals surface area contributed by atoms with Gasteiger partial charge in [0.15, 0.2) is 0 Å². The molecule has 158 valence electrons. The summed E-state index contributed by atoms with van der Waals surface area (Å²) in [5.41, 5.74) is 0.829. The van der Waals surface area contributed by atoms with E-state index in [0.29, 0.717) is 25.1 Å². The maximum Gasteiger partial charge on any atom is 0.418 e. The topological polar surface area (TPSA) is 32.3 Å². The molecule has 1 amide bonds. The first kappa shape index (κ1) is 21.4. The molecule has 0 fully saturated rings. The van der Waals surface area contributed by atoms with E-state index in [1.807, 2.05) is 26.8 Å². The molecule has 0 bridgehead atoms. The molecule has 1 unspecified atom stereocenters. The fourth-order valence-corrected chi connectivity index (χ4v) is 3.68. The average Bonchev–Trinajstić information content (AvgIpc) is 2.58. The Morgan fingerprint density at radius 1 is 1.21 bits per heavy atom. The summed E-state index contributed by atoms with van der Waals surface area (Å²) in [6, 6.07) is 3.90. The lowest BCUT2D eigenvalue weighted by Crippen LogP contribution is -2.26. The number of fused-ring (bicyclic) bond motifs is 1. The van der Waals surface area contributed by atoms with E-state index in [1.165, 1.54) is 6.07 Å². The molecule has 1 aliphatic heterocycles. The summed E-state index contributed by atoms with van der Waals surface area (Å²) in [6.07, 6.45) is -0.461. The first-order valence-electron chi connectivity index (χ1n) is 9.74. The van der Waals surface area contributed by atoms with Crippen molar-refractivity contribution in [2.45, 2.75) is 58.8 Å². The smallest absolute Gasteiger partial charge is 0.347 e. The Kier molecular flexibility index (Phi) is 5.79. The van der Waals surface area contributed by atoms with Crippen LogP contribution in [0.3, 0.4) is 0 Å². The van der Waals surface area contributed by atoms with E-state index < -0.39 is 23.8 Å². The average molecular weight is 410 g/mol. The Morgan fingerprint density at radius 3 is 2.59 bits per heavy atom. The van der Waals surface area contributed by atoms with Gasteiger partial charge in [0.2, 0.25) is 5.91 Å². The molecule has 1 atom stereocenters. The SMILES string of the molecule is CC(C)(C)CC(=O)Nc1ccc(N2C=C3CC(F)CC=C3CC2)cc1C(F)(F)F. The second-order valence-electron chi connectivity index (χ2n) is 8.88. The molecule has 3 rings (SSSR count). The zero-order valence-electron chi connectivity index (χ0n) is 16.9. The highest BCUT2D eigenvalue weighted by molar-refractivity contribution is 5.92. The quantitative estimate of drug-likeness (QED) is 0.599. The second-order valence-corrected chi connectivity index (χ2v) is 8.88. The van der Waals surface area contributed by atoms with Crippen molar-refractivity contribution in [3.63, 3.8) is 0 Å². The first-order chi connectivity index (χ1) is 13.4. The highest BCUT2D eigenvalue weighted by atomic mass is 19.4. The highest BCUT2D eigenvalue weighted by Crippen LogP contribution is 2.39. The second kappa shape index (κ2) is 7.84. The Balaban J connectivity index is 1.88. The summed E-state index contributed by atoms with van der Waals surface area (Å²) in [6.45, 7) is 6.07. The number of benzene rings is 1. The van der Waals surface area contributed by atoms with E-state index in [0.717, 1.165) is 17.2 Å². The summed E-state index contributed by atoms with van der Waals surface area (Å²) in [7, 11) is 0. The Morgan fingerprint density at radius 2 is 1.93 bits per heavy atom. The third-order valence-electron chi connectivity index (χ3n) is 5.01. The van der Waals surface area contributed by atoms with Crippen LogP contribution < -0.4 is 10.2 Å². The van der Waals surface area contributed by atoms with Crippen LogP contribution >= 0.6 is 0 Å². The summed E-state index contributed by atoms with van der Waals surface area (Å²) < 4.78 is 54.7. The maximum atomic E-state index is 13.7. The van der Waals surface area contributed by atoms with E-state index >= 15 is 0 Å². The predicted octanol–water partition coefficient (Wildman–Crippen LogP) is 6.23. The number of hydrogen-bond acceptors (Lipinski definition) is 2. The fourth-order valence-electron chi connectivity index (χ4n) is 3.68. The lowest BCUT2D eigenvalue weighted by atomic mass is 9.88. The Hall–Kier alpha value is -2.31. The number of anilines is 2. The van der Waals surface area contributed by atoms with Crippen LogP contribution in [0.1, 0.15) is 52.0 Å². The monoisotopic (exact) mass is 410 g/mol. The maximum absolute atomic E-state index is 13.7. The predicted molar refractivity (Wildman–Crippen MR) is 106 cm³/mol. The largest absolute Gasteiger partial charge is 0.418 e. The van der Waals surface area contributed by atoms with Gasteiger partial charge in [0.25, 0.3) is 0 Å². The van der Waals surface area contributed by atoms with Gasteiger partial charge in [-0.25, -0.2) is 4.39 Å². The molecule has 1 aromatic rings. The molecule has 0 aromatic heterocycles. The van der Waals surface area contributed by atoms with Crippen molar-refractivity contribution in [3.8, 4) is 0 Å². The van der Waals surface area contributed by atoms with Crippen molar-refractivity contribution < 1.29 is 22.4 Å². The van der Waals surface area contributed by atoms with Crippen molar-refractivity contribution in [1.29, 1.82) is 0 Å². The van der Waals surface area contributed by atoms with Gasteiger partial charge in [0.1, 0.15) is 6.17 Å². The number of amides is 1. The van der Waals surface area contributed by atoms with Gasteiger partial charge in [-0.2, -0.15) is 13.2 Å². The lowest BCUT2D eigenvalue weighted by Gasteiger charge is -2.32. The summed E-state index contributed by atoms with van der Waals surface area (Å²) in [5, 5.41) is 2.40. The third-order valence-corrected chi connectivity index (χ3v) is 5.01. The molecule has 29 heavy (non-hydrogen) atoms. The van der Waals surface area contributed by atoms with Gasteiger partial charge in [0, 0.05) is 31.3 Å². The molecule has 1 heterocycles. The van der Waals surface area contributed by atoms with Crippen LogP contribution in [-0.2, 0) is 11.0 Å². The van der Waals surface area contributed by atoms with Crippen molar-refractivity contribution in [2.24, 2.45) is 5.41 Å². The molecule has 0 saturated carbocycles. The Bertz CT molecular complexity index is 849. The minimum absolute atomic E-state index is 0.115. The van der Waals surface area contributed by atoms with Crippen LogP contribution in [0, 0.1) is 5.41 Å². The number of carbonyl (C=O) groups is 1. The zero-order chi connectivity index (χ0) is 21.4.